The van der Waals surface area contributed by atoms with Crippen LogP contribution in [0.15, 0.2) is 0 Å². The smallest absolute Gasteiger partial charge is 0.137 e. The number of Topliss-reactive ketones (excluding diaryl/α,β-unsaturated/α-hetero) is 1. The second kappa shape index (κ2) is 6.39. The van der Waals surface area contributed by atoms with Crippen LogP contribution >= 0.6 is 0 Å². The first-order valence-corrected chi connectivity index (χ1v) is 6.84. The van der Waals surface area contributed by atoms with Gasteiger partial charge in [-0.3, -0.25) is 4.79 Å². The van der Waals surface area contributed by atoms with Crippen LogP contribution in [0.1, 0.15) is 59.3 Å². The van der Waals surface area contributed by atoms with Crippen LogP contribution in [-0.2, 0) is 4.79 Å². The maximum absolute atomic E-state index is 12.2. The van der Waals surface area contributed by atoms with Crippen molar-refractivity contribution >= 4 is 5.78 Å². The number of ketones is 1. The molecule has 0 aromatic carbocycles. The van der Waals surface area contributed by atoms with Crippen molar-refractivity contribution in [3.63, 3.8) is 0 Å². The van der Waals surface area contributed by atoms with Crippen molar-refractivity contribution in [2.45, 2.75) is 65.3 Å². The van der Waals surface area contributed by atoms with Gasteiger partial charge in [0.1, 0.15) is 5.78 Å². The molecule has 3 atom stereocenters. The van der Waals surface area contributed by atoms with Crippen LogP contribution in [-0.4, -0.2) is 11.8 Å². The SMILES string of the molecule is CCC1CCCCC1C(=O)CC(N)C(C)C. The van der Waals surface area contributed by atoms with Gasteiger partial charge >= 0.3 is 0 Å². The summed E-state index contributed by atoms with van der Waals surface area (Å²) < 4.78 is 0. The van der Waals surface area contributed by atoms with Crippen molar-refractivity contribution in [3.05, 3.63) is 0 Å². The van der Waals surface area contributed by atoms with Gasteiger partial charge in [0.15, 0.2) is 0 Å². The standard InChI is InChI=1S/C14H27NO/c1-4-11-7-5-6-8-12(11)14(16)9-13(15)10(2)3/h10-13H,4-9,15H2,1-3H3. The van der Waals surface area contributed by atoms with E-state index in [1.165, 1.54) is 19.3 Å². The van der Waals surface area contributed by atoms with Gasteiger partial charge in [0.2, 0.25) is 0 Å². The van der Waals surface area contributed by atoms with Crippen LogP contribution in [0.5, 0.6) is 0 Å². The topological polar surface area (TPSA) is 43.1 Å². The molecule has 0 heterocycles. The third-order valence-corrected chi connectivity index (χ3v) is 4.14. The minimum atomic E-state index is 0.0481. The van der Waals surface area contributed by atoms with Gasteiger partial charge in [0.25, 0.3) is 0 Å². The summed E-state index contributed by atoms with van der Waals surface area (Å²) in [6.07, 6.45) is 6.60. The predicted octanol–water partition coefficient (Wildman–Crippen LogP) is 3.15. The fourth-order valence-electron chi connectivity index (χ4n) is 2.74. The molecule has 0 aromatic heterocycles. The van der Waals surface area contributed by atoms with Gasteiger partial charge in [-0.25, -0.2) is 0 Å². The zero-order valence-corrected chi connectivity index (χ0v) is 11.0. The third kappa shape index (κ3) is 3.58. The van der Waals surface area contributed by atoms with Crippen LogP contribution in [0.3, 0.4) is 0 Å². The molecule has 3 unspecified atom stereocenters. The maximum atomic E-state index is 12.2. The van der Waals surface area contributed by atoms with Gasteiger partial charge in [0, 0.05) is 18.4 Å². The number of rotatable bonds is 5. The number of hydrogen-bond donors (Lipinski definition) is 1. The summed E-state index contributed by atoms with van der Waals surface area (Å²) in [7, 11) is 0. The van der Waals surface area contributed by atoms with Gasteiger partial charge in [-0.05, 0) is 24.7 Å². The summed E-state index contributed by atoms with van der Waals surface area (Å²) in [5.74, 6) is 1.77. The molecule has 1 aliphatic rings. The highest BCUT2D eigenvalue weighted by molar-refractivity contribution is 5.82. The van der Waals surface area contributed by atoms with Crippen molar-refractivity contribution in [2.24, 2.45) is 23.5 Å². The monoisotopic (exact) mass is 225 g/mol. The van der Waals surface area contributed by atoms with Gasteiger partial charge in [-0.1, -0.05) is 40.0 Å². The second-order valence-corrected chi connectivity index (χ2v) is 5.64. The molecule has 2 N–H and O–H groups in total. The van der Waals surface area contributed by atoms with Gasteiger partial charge in [-0.2, -0.15) is 0 Å². The second-order valence-electron chi connectivity index (χ2n) is 5.64. The summed E-state index contributed by atoms with van der Waals surface area (Å²) in [6, 6.07) is 0.0481. The van der Waals surface area contributed by atoms with E-state index in [0.29, 0.717) is 30.0 Å². The van der Waals surface area contributed by atoms with Crippen LogP contribution in [0, 0.1) is 17.8 Å². The maximum Gasteiger partial charge on any atom is 0.137 e. The van der Waals surface area contributed by atoms with Gasteiger partial charge in [-0.15, -0.1) is 0 Å². The van der Waals surface area contributed by atoms with Crippen molar-refractivity contribution in [2.75, 3.05) is 0 Å². The molecule has 1 saturated carbocycles. The van der Waals surface area contributed by atoms with Crippen LogP contribution in [0.25, 0.3) is 0 Å². The molecule has 1 aliphatic carbocycles. The largest absolute Gasteiger partial charge is 0.327 e. The first kappa shape index (κ1) is 13.7. The molecule has 0 bridgehead atoms. The molecule has 0 aliphatic heterocycles. The van der Waals surface area contributed by atoms with Crippen LogP contribution in [0.2, 0.25) is 0 Å². The molecule has 0 amide bonds. The molecule has 16 heavy (non-hydrogen) atoms. The van der Waals surface area contributed by atoms with E-state index < -0.39 is 0 Å². The summed E-state index contributed by atoms with van der Waals surface area (Å²) >= 11 is 0. The van der Waals surface area contributed by atoms with E-state index in [1.807, 2.05) is 0 Å². The fraction of sp³-hybridized carbons (Fsp3) is 0.929. The molecule has 2 heteroatoms. The molecular weight excluding hydrogens is 198 g/mol. The first-order chi connectivity index (χ1) is 7.56. The number of carbonyl (C=O) groups is 1. The summed E-state index contributed by atoms with van der Waals surface area (Å²) in [6.45, 7) is 6.39. The Balaban J connectivity index is 2.50. The van der Waals surface area contributed by atoms with E-state index in [4.69, 9.17) is 5.73 Å². The lowest BCUT2D eigenvalue weighted by molar-refractivity contribution is -0.126. The zero-order chi connectivity index (χ0) is 12.1. The Morgan fingerprint density at radius 3 is 2.50 bits per heavy atom. The highest BCUT2D eigenvalue weighted by atomic mass is 16.1. The van der Waals surface area contributed by atoms with E-state index in [1.54, 1.807) is 0 Å². The Morgan fingerprint density at radius 2 is 1.94 bits per heavy atom. The summed E-state index contributed by atoms with van der Waals surface area (Å²) in [5, 5.41) is 0. The molecule has 0 aromatic rings. The Hall–Kier alpha value is -0.370. The number of carbonyl (C=O) groups excluding carboxylic acids is 1. The Bertz CT molecular complexity index is 225. The Kier molecular flexibility index (Phi) is 5.47. The molecule has 0 spiro atoms. The van der Waals surface area contributed by atoms with E-state index in [9.17, 15) is 4.79 Å². The van der Waals surface area contributed by atoms with Crippen LogP contribution in [0.4, 0.5) is 0 Å². The van der Waals surface area contributed by atoms with E-state index in [-0.39, 0.29) is 6.04 Å². The van der Waals surface area contributed by atoms with Gasteiger partial charge in [0.05, 0.1) is 0 Å². The minimum Gasteiger partial charge on any atom is -0.327 e. The molecule has 0 radical (unpaired) electrons. The minimum absolute atomic E-state index is 0.0481. The van der Waals surface area contributed by atoms with Gasteiger partial charge < -0.3 is 5.73 Å². The molecule has 2 nitrogen and oxygen atoms in total. The van der Waals surface area contributed by atoms with Crippen molar-refractivity contribution in [3.8, 4) is 0 Å². The van der Waals surface area contributed by atoms with Crippen molar-refractivity contribution < 1.29 is 4.79 Å². The summed E-state index contributed by atoms with van der Waals surface area (Å²) in [4.78, 5) is 12.2. The average molecular weight is 225 g/mol. The lowest BCUT2D eigenvalue weighted by atomic mass is 9.74. The number of hydrogen-bond acceptors (Lipinski definition) is 2. The van der Waals surface area contributed by atoms with Crippen molar-refractivity contribution in [1.29, 1.82) is 0 Å². The molecular formula is C14H27NO. The average Bonchev–Trinajstić information content (AvgIpc) is 2.28. The quantitative estimate of drug-likeness (QED) is 0.781. The molecule has 0 saturated heterocycles. The number of nitrogens with two attached hydrogens (primary N) is 1. The lowest BCUT2D eigenvalue weighted by Crippen LogP contribution is -2.34. The molecule has 94 valence electrons. The molecule has 1 fully saturated rings. The third-order valence-electron chi connectivity index (χ3n) is 4.14. The highest BCUT2D eigenvalue weighted by Crippen LogP contribution is 2.33. The lowest BCUT2D eigenvalue weighted by Gasteiger charge is -2.30. The summed E-state index contributed by atoms with van der Waals surface area (Å²) in [5.41, 5.74) is 5.99. The normalized spacial score (nSPS) is 28.1. The molecule has 1 rings (SSSR count). The van der Waals surface area contributed by atoms with E-state index in [2.05, 4.69) is 20.8 Å². The first-order valence-electron chi connectivity index (χ1n) is 6.84. The van der Waals surface area contributed by atoms with E-state index >= 15 is 0 Å². The predicted molar refractivity (Wildman–Crippen MR) is 68.2 cm³/mol. The Morgan fingerprint density at radius 1 is 1.31 bits per heavy atom. The fourth-order valence-corrected chi connectivity index (χ4v) is 2.74. The Labute approximate surface area is 100.0 Å². The van der Waals surface area contributed by atoms with Crippen molar-refractivity contribution in [1.82, 2.24) is 0 Å². The zero-order valence-electron chi connectivity index (χ0n) is 11.0. The van der Waals surface area contributed by atoms with Crippen LogP contribution < -0.4 is 5.73 Å². The highest BCUT2D eigenvalue weighted by Gasteiger charge is 2.30. The van der Waals surface area contributed by atoms with E-state index in [0.717, 1.165) is 12.8 Å².